The Kier molecular flexibility index (Phi) is 48.1. The van der Waals surface area contributed by atoms with Crippen molar-refractivity contribution in [1.29, 1.82) is 0 Å². The van der Waals surface area contributed by atoms with Crippen LogP contribution in [-0.4, -0.2) is 47.4 Å². The van der Waals surface area contributed by atoms with E-state index >= 15 is 0 Å². The quantitative estimate of drug-likeness (QED) is 0.0322. The summed E-state index contributed by atoms with van der Waals surface area (Å²) < 4.78 is 5.46. The molecule has 350 valence electrons. The third-order valence-electron chi connectivity index (χ3n) is 12.3. The molecule has 2 atom stereocenters. The standard InChI is InChI=1S/C53H103NO5/c1-3-5-7-9-11-13-15-21-25-29-33-37-41-45-51(56)50(49-55)54-52(57)46-42-38-34-30-26-23-19-17-18-20-24-28-32-36-40-44-48-59-53(58)47-43-39-35-31-27-22-16-14-12-10-8-6-4-2/h17,19,50-51,55-56H,3-16,18,20-49H2,1-2H3,(H,54,57)/b19-17-. The van der Waals surface area contributed by atoms with E-state index in [-0.39, 0.29) is 18.5 Å². The summed E-state index contributed by atoms with van der Waals surface area (Å²) in [4.78, 5) is 24.4. The summed E-state index contributed by atoms with van der Waals surface area (Å²) in [6.07, 6.45) is 56.1. The fraction of sp³-hybridized carbons (Fsp3) is 0.925. The Morgan fingerprint density at radius 1 is 0.458 bits per heavy atom. The zero-order valence-electron chi connectivity index (χ0n) is 39.7. The zero-order valence-corrected chi connectivity index (χ0v) is 39.7. The molecule has 0 saturated carbocycles. The van der Waals surface area contributed by atoms with E-state index in [1.165, 1.54) is 193 Å². The van der Waals surface area contributed by atoms with Gasteiger partial charge in [-0.1, -0.05) is 238 Å². The number of hydrogen-bond donors (Lipinski definition) is 3. The Hall–Kier alpha value is -1.40. The molecule has 6 nitrogen and oxygen atoms in total. The van der Waals surface area contributed by atoms with Gasteiger partial charge in [-0.3, -0.25) is 9.59 Å². The second-order valence-corrected chi connectivity index (χ2v) is 18.2. The fourth-order valence-corrected chi connectivity index (χ4v) is 8.22. The van der Waals surface area contributed by atoms with Crippen molar-refractivity contribution in [3.63, 3.8) is 0 Å². The van der Waals surface area contributed by atoms with Crippen molar-refractivity contribution in [3.05, 3.63) is 12.2 Å². The van der Waals surface area contributed by atoms with Crippen LogP contribution in [0.5, 0.6) is 0 Å². The summed E-state index contributed by atoms with van der Waals surface area (Å²) in [5.41, 5.74) is 0. The van der Waals surface area contributed by atoms with Crippen LogP contribution in [0.2, 0.25) is 0 Å². The minimum Gasteiger partial charge on any atom is -0.466 e. The lowest BCUT2D eigenvalue weighted by Crippen LogP contribution is -2.45. The number of ether oxygens (including phenoxy) is 1. The van der Waals surface area contributed by atoms with E-state index in [4.69, 9.17) is 4.74 Å². The normalized spacial score (nSPS) is 12.7. The van der Waals surface area contributed by atoms with Gasteiger partial charge in [0.25, 0.3) is 0 Å². The maximum absolute atomic E-state index is 12.4. The maximum Gasteiger partial charge on any atom is 0.305 e. The number of carbonyl (C=O) groups is 2. The molecular weight excluding hydrogens is 731 g/mol. The van der Waals surface area contributed by atoms with Gasteiger partial charge in [0, 0.05) is 12.8 Å². The smallest absolute Gasteiger partial charge is 0.305 e. The summed E-state index contributed by atoms with van der Waals surface area (Å²) in [5, 5.41) is 23.2. The highest BCUT2D eigenvalue weighted by molar-refractivity contribution is 5.76. The van der Waals surface area contributed by atoms with E-state index in [9.17, 15) is 19.8 Å². The average molecular weight is 834 g/mol. The fourth-order valence-electron chi connectivity index (χ4n) is 8.22. The lowest BCUT2D eigenvalue weighted by Gasteiger charge is -2.22. The number of unbranched alkanes of at least 4 members (excludes halogenated alkanes) is 36. The molecule has 0 heterocycles. The van der Waals surface area contributed by atoms with Gasteiger partial charge < -0.3 is 20.3 Å². The van der Waals surface area contributed by atoms with E-state index in [1.54, 1.807) is 0 Å². The van der Waals surface area contributed by atoms with Crippen LogP contribution in [-0.2, 0) is 14.3 Å². The molecule has 1 amide bonds. The first-order valence-corrected chi connectivity index (χ1v) is 26.4. The van der Waals surface area contributed by atoms with Gasteiger partial charge in [-0.2, -0.15) is 0 Å². The van der Waals surface area contributed by atoms with Gasteiger partial charge in [0.1, 0.15) is 0 Å². The molecule has 0 spiro atoms. The van der Waals surface area contributed by atoms with Crippen molar-refractivity contribution >= 4 is 11.9 Å². The second-order valence-electron chi connectivity index (χ2n) is 18.2. The topological polar surface area (TPSA) is 95.9 Å². The van der Waals surface area contributed by atoms with Crippen LogP contribution in [0.25, 0.3) is 0 Å². The van der Waals surface area contributed by atoms with Gasteiger partial charge in [0.05, 0.1) is 25.4 Å². The van der Waals surface area contributed by atoms with Crippen LogP contribution in [0, 0.1) is 0 Å². The maximum atomic E-state index is 12.4. The first-order chi connectivity index (χ1) is 29.0. The molecule has 0 bridgehead atoms. The van der Waals surface area contributed by atoms with E-state index in [0.717, 1.165) is 64.2 Å². The summed E-state index contributed by atoms with van der Waals surface area (Å²) in [6, 6.07) is -0.551. The van der Waals surface area contributed by atoms with Crippen molar-refractivity contribution in [2.45, 2.75) is 302 Å². The molecule has 59 heavy (non-hydrogen) atoms. The number of aliphatic hydroxyl groups is 2. The first-order valence-electron chi connectivity index (χ1n) is 26.4. The minimum atomic E-state index is -0.673. The molecule has 0 saturated heterocycles. The Bertz CT molecular complexity index is 878. The van der Waals surface area contributed by atoms with Crippen molar-refractivity contribution < 1.29 is 24.5 Å². The van der Waals surface area contributed by atoms with E-state index in [2.05, 4.69) is 31.3 Å². The monoisotopic (exact) mass is 834 g/mol. The van der Waals surface area contributed by atoms with Crippen LogP contribution >= 0.6 is 0 Å². The molecule has 0 fully saturated rings. The minimum absolute atomic E-state index is 0.00115. The lowest BCUT2D eigenvalue weighted by molar-refractivity contribution is -0.143. The third-order valence-corrected chi connectivity index (χ3v) is 12.3. The Labute approximate surface area is 368 Å². The highest BCUT2D eigenvalue weighted by Gasteiger charge is 2.20. The molecule has 3 N–H and O–H groups in total. The number of amides is 1. The molecule has 6 heteroatoms. The lowest BCUT2D eigenvalue weighted by atomic mass is 10.0. The SMILES string of the molecule is CCCCCCCCCCCCCCCC(=O)OCCCCCCCCC/C=C\CCCCCCCC(=O)NC(CO)C(O)CCCCCCCCCCCCCCC. The molecule has 0 aliphatic carbocycles. The molecule has 0 rings (SSSR count). The second kappa shape index (κ2) is 49.3. The number of rotatable bonds is 49. The zero-order chi connectivity index (χ0) is 43.0. The molecule has 0 radical (unpaired) electrons. The Morgan fingerprint density at radius 2 is 0.797 bits per heavy atom. The first kappa shape index (κ1) is 57.6. The molecule has 2 unspecified atom stereocenters. The van der Waals surface area contributed by atoms with Crippen LogP contribution in [0.4, 0.5) is 0 Å². The average Bonchev–Trinajstić information content (AvgIpc) is 3.24. The molecule has 0 aromatic heterocycles. The van der Waals surface area contributed by atoms with Gasteiger partial charge in [0.2, 0.25) is 5.91 Å². The third kappa shape index (κ3) is 45.9. The highest BCUT2D eigenvalue weighted by atomic mass is 16.5. The van der Waals surface area contributed by atoms with Gasteiger partial charge in [-0.05, 0) is 51.4 Å². The van der Waals surface area contributed by atoms with Gasteiger partial charge in [0.15, 0.2) is 0 Å². The van der Waals surface area contributed by atoms with Crippen molar-refractivity contribution in [3.8, 4) is 0 Å². The Morgan fingerprint density at radius 3 is 1.20 bits per heavy atom. The molecule has 0 aromatic rings. The molecular formula is C53H103NO5. The van der Waals surface area contributed by atoms with Crippen molar-refractivity contribution in [1.82, 2.24) is 5.32 Å². The van der Waals surface area contributed by atoms with Gasteiger partial charge in [-0.25, -0.2) is 0 Å². The number of nitrogens with one attached hydrogen (secondary N) is 1. The molecule has 0 aliphatic heterocycles. The molecule has 0 aromatic carbocycles. The van der Waals surface area contributed by atoms with Crippen LogP contribution in [0.15, 0.2) is 12.2 Å². The Balaban J connectivity index is 3.46. The van der Waals surface area contributed by atoms with E-state index in [1.807, 2.05) is 0 Å². The van der Waals surface area contributed by atoms with E-state index in [0.29, 0.717) is 25.9 Å². The van der Waals surface area contributed by atoms with Crippen LogP contribution in [0.3, 0.4) is 0 Å². The summed E-state index contributed by atoms with van der Waals surface area (Å²) in [7, 11) is 0. The van der Waals surface area contributed by atoms with Gasteiger partial charge in [-0.15, -0.1) is 0 Å². The summed E-state index contributed by atoms with van der Waals surface area (Å²) in [5.74, 6) is -0.0526. The largest absolute Gasteiger partial charge is 0.466 e. The number of allylic oxidation sites excluding steroid dienone is 2. The number of hydrogen-bond acceptors (Lipinski definition) is 5. The highest BCUT2D eigenvalue weighted by Crippen LogP contribution is 2.16. The number of esters is 1. The van der Waals surface area contributed by atoms with Crippen molar-refractivity contribution in [2.75, 3.05) is 13.2 Å². The predicted octanol–water partition coefficient (Wildman–Crippen LogP) is 15.7. The van der Waals surface area contributed by atoms with Crippen LogP contribution in [0.1, 0.15) is 290 Å². The van der Waals surface area contributed by atoms with Crippen molar-refractivity contribution in [2.24, 2.45) is 0 Å². The predicted molar refractivity (Wildman–Crippen MR) is 255 cm³/mol. The summed E-state index contributed by atoms with van der Waals surface area (Å²) >= 11 is 0. The van der Waals surface area contributed by atoms with Gasteiger partial charge >= 0.3 is 5.97 Å². The number of carbonyl (C=O) groups excluding carboxylic acids is 2. The summed E-state index contributed by atoms with van der Waals surface area (Å²) in [6.45, 7) is 4.93. The van der Waals surface area contributed by atoms with E-state index < -0.39 is 12.1 Å². The molecule has 0 aliphatic rings. The number of aliphatic hydroxyl groups excluding tert-OH is 2. The van der Waals surface area contributed by atoms with Crippen LogP contribution < -0.4 is 5.32 Å².